The van der Waals surface area contributed by atoms with Gasteiger partial charge in [-0.25, -0.2) is 0 Å². The molecule has 0 saturated heterocycles. The first-order chi connectivity index (χ1) is 11.2. The van der Waals surface area contributed by atoms with E-state index >= 15 is 0 Å². The number of hydrogen-bond donors (Lipinski definition) is 1. The standard InChI is InChI=1S/C21H27NO/c1-3-12-22(13-4-2)20-14-17-10-11-18(23)15-19(17)21(20)16-8-6-5-7-9-16/h5-11,15,20-21,23H,3-4,12-14H2,1-2H3/t20-,21-/m1/s1. The fourth-order valence-electron chi connectivity index (χ4n) is 4.03. The molecule has 2 aromatic rings. The molecule has 0 aromatic heterocycles. The second kappa shape index (κ2) is 7.18. The van der Waals surface area contributed by atoms with Gasteiger partial charge in [-0.15, -0.1) is 0 Å². The molecule has 0 amide bonds. The van der Waals surface area contributed by atoms with Gasteiger partial charge < -0.3 is 5.11 Å². The highest BCUT2D eigenvalue weighted by Crippen LogP contribution is 2.42. The summed E-state index contributed by atoms with van der Waals surface area (Å²) >= 11 is 0. The maximum Gasteiger partial charge on any atom is 0.115 e. The molecule has 3 rings (SSSR count). The van der Waals surface area contributed by atoms with Crippen molar-refractivity contribution in [3.8, 4) is 5.75 Å². The van der Waals surface area contributed by atoms with Crippen LogP contribution in [0.5, 0.6) is 5.75 Å². The second-order valence-electron chi connectivity index (χ2n) is 6.58. The molecule has 0 spiro atoms. The molecular weight excluding hydrogens is 282 g/mol. The van der Waals surface area contributed by atoms with Crippen LogP contribution in [0.1, 0.15) is 49.3 Å². The van der Waals surface area contributed by atoms with Crippen LogP contribution in [-0.2, 0) is 6.42 Å². The number of rotatable bonds is 6. The normalized spacial score (nSPS) is 20.0. The van der Waals surface area contributed by atoms with Gasteiger partial charge in [-0.05, 0) is 61.2 Å². The van der Waals surface area contributed by atoms with E-state index in [0.29, 0.717) is 17.7 Å². The first kappa shape index (κ1) is 16.1. The maximum absolute atomic E-state index is 9.98. The SMILES string of the molecule is CCCN(CCC)[C@@H]1Cc2ccc(O)cc2[C@H]1c1ccccc1. The Morgan fingerprint density at radius 1 is 1.00 bits per heavy atom. The summed E-state index contributed by atoms with van der Waals surface area (Å²) in [4.78, 5) is 2.65. The van der Waals surface area contributed by atoms with Gasteiger partial charge in [-0.1, -0.05) is 50.2 Å². The number of nitrogens with zero attached hydrogens (tertiary/aromatic N) is 1. The van der Waals surface area contributed by atoms with Gasteiger partial charge in [0.1, 0.15) is 5.75 Å². The molecule has 0 fully saturated rings. The van der Waals surface area contributed by atoms with Gasteiger partial charge in [0.15, 0.2) is 0 Å². The summed E-state index contributed by atoms with van der Waals surface area (Å²) in [6, 6.07) is 17.2. The molecule has 23 heavy (non-hydrogen) atoms. The Bertz CT molecular complexity index is 632. The van der Waals surface area contributed by atoms with Crippen LogP contribution in [-0.4, -0.2) is 29.1 Å². The molecule has 0 bridgehead atoms. The Morgan fingerprint density at radius 3 is 2.35 bits per heavy atom. The van der Waals surface area contributed by atoms with Crippen LogP contribution in [0.4, 0.5) is 0 Å². The van der Waals surface area contributed by atoms with Crippen LogP contribution in [0.3, 0.4) is 0 Å². The smallest absolute Gasteiger partial charge is 0.115 e. The summed E-state index contributed by atoms with van der Waals surface area (Å²) in [7, 11) is 0. The van der Waals surface area contributed by atoms with Crippen LogP contribution in [0.2, 0.25) is 0 Å². The van der Waals surface area contributed by atoms with Gasteiger partial charge in [-0.2, -0.15) is 0 Å². The Kier molecular flexibility index (Phi) is 5.02. The van der Waals surface area contributed by atoms with Crippen LogP contribution in [0, 0.1) is 0 Å². The topological polar surface area (TPSA) is 23.5 Å². The average molecular weight is 309 g/mol. The molecule has 1 N–H and O–H groups in total. The molecule has 122 valence electrons. The van der Waals surface area contributed by atoms with Crippen molar-refractivity contribution in [3.05, 3.63) is 65.2 Å². The third-order valence-electron chi connectivity index (χ3n) is 4.93. The highest BCUT2D eigenvalue weighted by molar-refractivity contribution is 5.48. The number of phenols is 1. The quantitative estimate of drug-likeness (QED) is 0.845. The molecule has 2 heteroatoms. The highest BCUT2D eigenvalue weighted by Gasteiger charge is 2.36. The van der Waals surface area contributed by atoms with Gasteiger partial charge >= 0.3 is 0 Å². The number of phenolic OH excluding ortho intramolecular Hbond substituents is 1. The van der Waals surface area contributed by atoms with Crippen molar-refractivity contribution in [2.75, 3.05) is 13.1 Å². The average Bonchev–Trinajstić information content (AvgIpc) is 2.94. The number of benzene rings is 2. The summed E-state index contributed by atoms with van der Waals surface area (Å²) in [5, 5.41) is 9.98. The van der Waals surface area contributed by atoms with Gasteiger partial charge in [0.05, 0.1) is 0 Å². The lowest BCUT2D eigenvalue weighted by molar-refractivity contribution is 0.189. The van der Waals surface area contributed by atoms with Gasteiger partial charge in [-0.3, -0.25) is 4.90 Å². The monoisotopic (exact) mass is 309 g/mol. The molecule has 2 nitrogen and oxygen atoms in total. The molecule has 1 aliphatic carbocycles. The molecule has 2 aromatic carbocycles. The molecular formula is C21H27NO. The lowest BCUT2D eigenvalue weighted by Crippen LogP contribution is -2.39. The molecule has 0 heterocycles. The maximum atomic E-state index is 9.98. The van der Waals surface area contributed by atoms with E-state index in [1.54, 1.807) is 0 Å². The minimum absolute atomic E-state index is 0.358. The summed E-state index contributed by atoms with van der Waals surface area (Å²) < 4.78 is 0. The number of fused-ring (bicyclic) bond motifs is 1. The predicted octanol–water partition coefficient (Wildman–Crippen LogP) is 4.57. The van der Waals surface area contributed by atoms with Gasteiger partial charge in [0.2, 0.25) is 0 Å². The third-order valence-corrected chi connectivity index (χ3v) is 4.93. The third kappa shape index (κ3) is 3.28. The van der Waals surface area contributed by atoms with Crippen molar-refractivity contribution in [2.45, 2.75) is 45.1 Å². The molecule has 0 saturated carbocycles. The molecule has 2 atom stereocenters. The van der Waals surface area contributed by atoms with E-state index in [4.69, 9.17) is 0 Å². The van der Waals surface area contributed by atoms with Crippen molar-refractivity contribution < 1.29 is 5.11 Å². The van der Waals surface area contributed by atoms with E-state index in [1.807, 2.05) is 12.1 Å². The zero-order valence-corrected chi connectivity index (χ0v) is 14.2. The van der Waals surface area contributed by atoms with Crippen LogP contribution in [0.15, 0.2) is 48.5 Å². The van der Waals surface area contributed by atoms with E-state index < -0.39 is 0 Å². The summed E-state index contributed by atoms with van der Waals surface area (Å²) in [5.74, 6) is 0.735. The molecule has 1 aliphatic rings. The van der Waals surface area contributed by atoms with Gasteiger partial charge in [0.25, 0.3) is 0 Å². The predicted molar refractivity (Wildman–Crippen MR) is 96.0 cm³/mol. The highest BCUT2D eigenvalue weighted by atomic mass is 16.3. The Hall–Kier alpha value is -1.80. The summed E-state index contributed by atoms with van der Waals surface area (Å²) in [6.45, 7) is 6.80. The van der Waals surface area contributed by atoms with Crippen LogP contribution < -0.4 is 0 Å². The van der Waals surface area contributed by atoms with Crippen molar-refractivity contribution in [1.29, 1.82) is 0 Å². The van der Waals surface area contributed by atoms with E-state index in [0.717, 1.165) is 19.5 Å². The minimum Gasteiger partial charge on any atom is -0.508 e. The zero-order chi connectivity index (χ0) is 16.2. The van der Waals surface area contributed by atoms with E-state index in [9.17, 15) is 5.11 Å². The van der Waals surface area contributed by atoms with E-state index in [-0.39, 0.29) is 0 Å². The Labute approximate surface area is 139 Å². The first-order valence-electron chi connectivity index (χ1n) is 8.85. The zero-order valence-electron chi connectivity index (χ0n) is 14.2. The first-order valence-corrected chi connectivity index (χ1v) is 8.85. The number of aromatic hydroxyl groups is 1. The van der Waals surface area contributed by atoms with E-state index in [1.165, 1.54) is 29.5 Å². The van der Waals surface area contributed by atoms with Crippen LogP contribution in [0.25, 0.3) is 0 Å². The van der Waals surface area contributed by atoms with Crippen molar-refractivity contribution in [3.63, 3.8) is 0 Å². The second-order valence-corrected chi connectivity index (χ2v) is 6.58. The van der Waals surface area contributed by atoms with E-state index in [2.05, 4.69) is 55.1 Å². The van der Waals surface area contributed by atoms with Crippen molar-refractivity contribution >= 4 is 0 Å². The lowest BCUT2D eigenvalue weighted by atomic mass is 9.89. The minimum atomic E-state index is 0.358. The van der Waals surface area contributed by atoms with Crippen LogP contribution >= 0.6 is 0 Å². The summed E-state index contributed by atoms with van der Waals surface area (Å²) in [6.07, 6.45) is 3.44. The largest absolute Gasteiger partial charge is 0.508 e. The Balaban J connectivity index is 2.02. The molecule has 0 aliphatic heterocycles. The lowest BCUT2D eigenvalue weighted by Gasteiger charge is -2.33. The van der Waals surface area contributed by atoms with Gasteiger partial charge in [0, 0.05) is 12.0 Å². The van der Waals surface area contributed by atoms with Crippen molar-refractivity contribution in [2.24, 2.45) is 0 Å². The fourth-order valence-corrected chi connectivity index (χ4v) is 4.03. The molecule has 0 radical (unpaired) electrons. The fraction of sp³-hybridized carbons (Fsp3) is 0.429. The summed E-state index contributed by atoms with van der Waals surface area (Å²) in [5.41, 5.74) is 4.05. The van der Waals surface area contributed by atoms with Crippen molar-refractivity contribution in [1.82, 2.24) is 4.90 Å². The number of hydrogen-bond acceptors (Lipinski definition) is 2. The Morgan fingerprint density at radius 2 is 1.70 bits per heavy atom. The molecule has 0 unspecified atom stereocenters.